The SMILES string of the molecule is Cc1ccc(CC(NC(=O)OCc2ccccc2)C(=O)N2C[C@H](OCC3CCCCC3)C[C@H]2C(=O)C[C@@H](CCCCN)C(=O)c2nc3ccccc3o2)cc1. The van der Waals surface area contributed by atoms with E-state index in [2.05, 4.69) is 10.3 Å². The molecule has 11 nitrogen and oxygen atoms in total. The first-order chi connectivity index (χ1) is 26.8. The molecule has 0 bridgehead atoms. The number of rotatable bonds is 18. The van der Waals surface area contributed by atoms with Gasteiger partial charge in [0.2, 0.25) is 11.7 Å². The van der Waals surface area contributed by atoms with Crippen LogP contribution in [0.1, 0.15) is 91.6 Å². The minimum absolute atomic E-state index is 0.0313. The number of Topliss-reactive ketones (excluding diaryl/α,β-unsaturated/α-hetero) is 2. The summed E-state index contributed by atoms with van der Waals surface area (Å²) in [5.41, 5.74) is 9.60. The number of alkyl carbamates (subject to hydrolysis) is 1. The molecule has 0 radical (unpaired) electrons. The summed E-state index contributed by atoms with van der Waals surface area (Å²) in [5.74, 6) is -1.27. The number of para-hydroxylation sites is 2. The first-order valence-corrected chi connectivity index (χ1v) is 19.8. The molecule has 3 aromatic carbocycles. The maximum absolute atomic E-state index is 14.7. The molecular formula is C44H54N4O7. The van der Waals surface area contributed by atoms with E-state index in [-0.39, 0.29) is 49.6 Å². The topological polar surface area (TPSA) is 154 Å². The molecule has 6 rings (SSSR count). The average Bonchev–Trinajstić information content (AvgIpc) is 3.85. The molecule has 1 aliphatic heterocycles. The predicted molar refractivity (Wildman–Crippen MR) is 209 cm³/mol. The van der Waals surface area contributed by atoms with Gasteiger partial charge < -0.3 is 29.8 Å². The molecule has 2 heterocycles. The van der Waals surface area contributed by atoms with E-state index in [9.17, 15) is 19.2 Å². The van der Waals surface area contributed by atoms with Gasteiger partial charge in [0.05, 0.1) is 12.1 Å². The molecule has 0 spiro atoms. The van der Waals surface area contributed by atoms with Crippen molar-refractivity contribution < 1.29 is 33.1 Å². The van der Waals surface area contributed by atoms with Crippen LogP contribution >= 0.6 is 0 Å². The van der Waals surface area contributed by atoms with Gasteiger partial charge in [0, 0.05) is 38.3 Å². The lowest BCUT2D eigenvalue weighted by atomic mass is 9.89. The van der Waals surface area contributed by atoms with Gasteiger partial charge in [-0.1, -0.05) is 98.0 Å². The van der Waals surface area contributed by atoms with E-state index in [0.717, 1.165) is 29.5 Å². The first kappa shape index (κ1) is 39.8. The summed E-state index contributed by atoms with van der Waals surface area (Å²) in [6, 6.07) is 22.4. The van der Waals surface area contributed by atoms with Gasteiger partial charge in [-0.05, 0) is 68.3 Å². The Kier molecular flexibility index (Phi) is 14.2. The van der Waals surface area contributed by atoms with Gasteiger partial charge in [0.15, 0.2) is 11.4 Å². The molecule has 1 aliphatic carbocycles. The van der Waals surface area contributed by atoms with E-state index in [1.165, 1.54) is 19.3 Å². The highest BCUT2D eigenvalue weighted by molar-refractivity contribution is 6.00. The fraction of sp³-hybridized carbons (Fsp3) is 0.477. The van der Waals surface area contributed by atoms with Crippen molar-refractivity contribution in [1.82, 2.24) is 15.2 Å². The lowest BCUT2D eigenvalue weighted by Crippen LogP contribution is -2.53. The van der Waals surface area contributed by atoms with Crippen LogP contribution < -0.4 is 11.1 Å². The Bertz CT molecular complexity index is 1840. The third kappa shape index (κ3) is 11.1. The number of carbonyl (C=O) groups is 4. The highest BCUT2D eigenvalue weighted by Gasteiger charge is 2.44. The zero-order valence-corrected chi connectivity index (χ0v) is 31.8. The molecule has 4 atom stereocenters. The fourth-order valence-corrected chi connectivity index (χ4v) is 7.75. The summed E-state index contributed by atoms with van der Waals surface area (Å²) < 4.78 is 17.8. The molecule has 1 aromatic heterocycles. The zero-order valence-electron chi connectivity index (χ0n) is 31.8. The molecule has 1 saturated heterocycles. The fourth-order valence-electron chi connectivity index (χ4n) is 7.75. The summed E-state index contributed by atoms with van der Waals surface area (Å²) in [7, 11) is 0. The minimum atomic E-state index is -1.01. The van der Waals surface area contributed by atoms with Crippen LogP contribution in [-0.4, -0.2) is 71.3 Å². The zero-order chi connectivity index (χ0) is 38.6. The molecule has 1 unspecified atom stereocenters. The first-order valence-electron chi connectivity index (χ1n) is 19.8. The molecule has 2 amide bonds. The largest absolute Gasteiger partial charge is 0.445 e. The Balaban J connectivity index is 1.23. The molecule has 2 aliphatic rings. The van der Waals surface area contributed by atoms with Crippen LogP contribution in [0.4, 0.5) is 4.79 Å². The van der Waals surface area contributed by atoms with Gasteiger partial charge in [-0.3, -0.25) is 14.4 Å². The van der Waals surface area contributed by atoms with E-state index in [0.29, 0.717) is 55.9 Å². The number of likely N-dealkylation sites (tertiary alicyclic amines) is 1. The molecule has 4 aromatic rings. The van der Waals surface area contributed by atoms with Crippen molar-refractivity contribution in [3.8, 4) is 0 Å². The van der Waals surface area contributed by atoms with Crippen LogP contribution in [0.2, 0.25) is 0 Å². The van der Waals surface area contributed by atoms with Gasteiger partial charge in [-0.2, -0.15) is 0 Å². The van der Waals surface area contributed by atoms with Crippen molar-refractivity contribution in [3.63, 3.8) is 0 Å². The van der Waals surface area contributed by atoms with E-state index in [4.69, 9.17) is 19.6 Å². The van der Waals surface area contributed by atoms with Crippen molar-refractivity contribution in [2.24, 2.45) is 17.6 Å². The van der Waals surface area contributed by atoms with Gasteiger partial charge in [0.1, 0.15) is 18.2 Å². The van der Waals surface area contributed by atoms with Gasteiger partial charge >= 0.3 is 6.09 Å². The number of oxazole rings is 1. The Labute approximate surface area is 323 Å². The predicted octanol–water partition coefficient (Wildman–Crippen LogP) is 7.13. The molecule has 292 valence electrons. The Hall–Kier alpha value is -4.87. The van der Waals surface area contributed by atoms with Crippen LogP contribution in [0.5, 0.6) is 0 Å². The number of hydrogen-bond acceptors (Lipinski definition) is 9. The van der Waals surface area contributed by atoms with E-state index in [1.54, 1.807) is 17.0 Å². The smallest absolute Gasteiger partial charge is 0.408 e. The van der Waals surface area contributed by atoms with Gasteiger partial charge in [-0.25, -0.2) is 9.78 Å². The Morgan fingerprint density at radius 3 is 2.42 bits per heavy atom. The number of nitrogens with two attached hydrogens (primary N) is 1. The second-order valence-corrected chi connectivity index (χ2v) is 15.2. The number of nitrogens with one attached hydrogen (secondary N) is 1. The molecule has 55 heavy (non-hydrogen) atoms. The van der Waals surface area contributed by atoms with Crippen LogP contribution in [0.3, 0.4) is 0 Å². The number of carbonyl (C=O) groups excluding carboxylic acids is 4. The summed E-state index contributed by atoms with van der Waals surface area (Å²) in [5, 5.41) is 2.82. The number of benzene rings is 3. The second kappa shape index (κ2) is 19.6. The molecular weight excluding hydrogens is 697 g/mol. The maximum Gasteiger partial charge on any atom is 0.408 e. The van der Waals surface area contributed by atoms with Crippen LogP contribution in [0.15, 0.2) is 83.3 Å². The average molecular weight is 751 g/mol. The van der Waals surface area contributed by atoms with Crippen LogP contribution in [-0.2, 0) is 32.1 Å². The second-order valence-electron chi connectivity index (χ2n) is 15.2. The highest BCUT2D eigenvalue weighted by atomic mass is 16.5. The third-order valence-corrected chi connectivity index (χ3v) is 10.9. The van der Waals surface area contributed by atoms with Crippen molar-refractivity contribution >= 4 is 34.7 Å². The lowest BCUT2D eigenvalue weighted by Gasteiger charge is -2.29. The maximum atomic E-state index is 14.7. The van der Waals surface area contributed by atoms with Crippen LogP contribution in [0.25, 0.3) is 11.1 Å². The van der Waals surface area contributed by atoms with E-state index < -0.39 is 30.0 Å². The normalized spacial score (nSPS) is 18.5. The van der Waals surface area contributed by atoms with Gasteiger partial charge in [0.25, 0.3) is 5.89 Å². The number of ketones is 2. The molecule has 3 N–H and O–H groups in total. The summed E-state index contributed by atoms with van der Waals surface area (Å²) in [6.45, 7) is 3.26. The third-order valence-electron chi connectivity index (χ3n) is 10.9. The quantitative estimate of drug-likeness (QED) is 0.0799. The van der Waals surface area contributed by atoms with Gasteiger partial charge in [-0.15, -0.1) is 0 Å². The van der Waals surface area contributed by atoms with Crippen molar-refractivity contribution in [2.45, 2.75) is 102 Å². The summed E-state index contributed by atoms with van der Waals surface area (Å²) in [6.07, 6.45) is 6.87. The lowest BCUT2D eigenvalue weighted by molar-refractivity contribution is -0.139. The van der Waals surface area contributed by atoms with E-state index >= 15 is 0 Å². The summed E-state index contributed by atoms with van der Waals surface area (Å²) in [4.78, 5) is 62.3. The number of fused-ring (bicyclic) bond motifs is 1. The van der Waals surface area contributed by atoms with Crippen molar-refractivity contribution in [2.75, 3.05) is 19.7 Å². The number of nitrogens with zero attached hydrogens (tertiary/aromatic N) is 2. The molecule has 2 fully saturated rings. The molecule has 11 heteroatoms. The number of unbranched alkanes of at least 4 members (excludes halogenated alkanes) is 1. The minimum Gasteiger partial charge on any atom is -0.445 e. The number of amides is 2. The highest BCUT2D eigenvalue weighted by Crippen LogP contribution is 2.30. The monoisotopic (exact) mass is 750 g/mol. The number of ether oxygens (including phenoxy) is 2. The number of aryl methyl sites for hydroxylation is 1. The summed E-state index contributed by atoms with van der Waals surface area (Å²) >= 11 is 0. The van der Waals surface area contributed by atoms with E-state index in [1.807, 2.05) is 73.7 Å². The van der Waals surface area contributed by atoms with Crippen molar-refractivity contribution in [1.29, 1.82) is 0 Å². The number of hydrogen-bond donors (Lipinski definition) is 2. The van der Waals surface area contributed by atoms with Crippen LogP contribution in [0, 0.1) is 18.8 Å². The Morgan fingerprint density at radius 1 is 0.927 bits per heavy atom. The molecule has 1 saturated carbocycles. The number of aromatic nitrogens is 1. The standard InChI is InChI=1S/C44H54N4O7/c1-30-19-21-31(22-20-30)24-37(47-44(52)54-29-33-14-6-3-7-15-33)43(51)48-27-35(53-28-32-12-4-2-5-13-32)26-38(48)39(49)25-34(16-10-11-23-45)41(50)42-46-36-17-8-9-18-40(36)55-42/h3,6-9,14-15,17-22,32,34-35,37-38H,2,4-5,10-13,16,23-29,45H2,1H3,(H,47,52)/t34-,35-,37?,38+/m1/s1. The Morgan fingerprint density at radius 2 is 1.67 bits per heavy atom. The van der Waals surface area contributed by atoms with Crippen molar-refractivity contribution in [3.05, 3.63) is 101 Å².